The van der Waals surface area contributed by atoms with Crippen molar-refractivity contribution in [3.8, 4) is 0 Å². The largest absolute Gasteiger partial charge is 0.480 e. The van der Waals surface area contributed by atoms with Crippen LogP contribution >= 0.6 is 0 Å². The molecule has 5 nitrogen and oxygen atoms in total. The molecule has 0 bridgehead atoms. The van der Waals surface area contributed by atoms with Gasteiger partial charge in [-0.25, -0.2) is 0 Å². The predicted molar refractivity (Wildman–Crippen MR) is 80.7 cm³/mol. The average molecular weight is 286 g/mol. The number of hydrogen-bond donors (Lipinski definition) is 2. The molecule has 0 aromatic heterocycles. The first-order valence-corrected chi connectivity index (χ1v) is 7.75. The third-order valence-corrected chi connectivity index (χ3v) is 3.42. The minimum Gasteiger partial charge on any atom is -0.480 e. The number of unbranched alkanes of at least 4 members (excludes halogenated alkanes) is 1. The molecule has 1 aliphatic heterocycles. The van der Waals surface area contributed by atoms with E-state index in [1.165, 1.54) is 50.1 Å². The van der Waals surface area contributed by atoms with Crippen LogP contribution in [0.15, 0.2) is 0 Å². The molecule has 118 valence electrons. The Hall–Kier alpha value is -1.10. The topological polar surface area (TPSA) is 69.6 Å². The van der Waals surface area contributed by atoms with Crippen LogP contribution in [-0.2, 0) is 9.59 Å². The minimum absolute atomic E-state index is 0.197. The Balaban J connectivity index is 0.000000361. The third kappa shape index (κ3) is 10.8. The Labute approximate surface area is 122 Å². The Kier molecular flexibility index (Phi) is 12.2. The molecule has 0 atom stereocenters. The normalized spacial score (nSPS) is 15.1. The van der Waals surface area contributed by atoms with Crippen LogP contribution in [0.2, 0.25) is 0 Å². The van der Waals surface area contributed by atoms with Crippen molar-refractivity contribution in [3.63, 3.8) is 0 Å². The van der Waals surface area contributed by atoms with E-state index in [-0.39, 0.29) is 6.54 Å². The number of carbonyl (C=O) groups excluding carboxylic acids is 1. The summed E-state index contributed by atoms with van der Waals surface area (Å²) >= 11 is 0. The smallest absolute Gasteiger partial charge is 0.323 e. The van der Waals surface area contributed by atoms with Crippen LogP contribution in [0.1, 0.15) is 52.4 Å². The van der Waals surface area contributed by atoms with E-state index in [1.807, 2.05) is 6.92 Å². The van der Waals surface area contributed by atoms with Crippen LogP contribution in [0.4, 0.5) is 0 Å². The lowest BCUT2D eigenvalue weighted by molar-refractivity contribution is -0.140. The summed E-state index contributed by atoms with van der Waals surface area (Å²) in [5.41, 5.74) is 0. The van der Waals surface area contributed by atoms with Gasteiger partial charge >= 0.3 is 5.97 Å². The van der Waals surface area contributed by atoms with E-state index in [0.717, 1.165) is 12.3 Å². The highest BCUT2D eigenvalue weighted by molar-refractivity contribution is 5.71. The van der Waals surface area contributed by atoms with Gasteiger partial charge in [0.25, 0.3) is 0 Å². The lowest BCUT2D eigenvalue weighted by Gasteiger charge is -2.21. The molecule has 0 aromatic rings. The van der Waals surface area contributed by atoms with Crippen molar-refractivity contribution >= 4 is 12.4 Å². The van der Waals surface area contributed by atoms with Crippen LogP contribution in [0.3, 0.4) is 0 Å². The molecular weight excluding hydrogens is 256 g/mol. The van der Waals surface area contributed by atoms with E-state index in [4.69, 9.17) is 5.11 Å². The maximum Gasteiger partial charge on any atom is 0.323 e. The van der Waals surface area contributed by atoms with E-state index in [1.54, 1.807) is 0 Å². The van der Waals surface area contributed by atoms with Crippen molar-refractivity contribution in [2.45, 2.75) is 52.4 Å². The van der Waals surface area contributed by atoms with Crippen molar-refractivity contribution in [2.75, 3.05) is 26.2 Å². The van der Waals surface area contributed by atoms with Gasteiger partial charge in [-0.2, -0.15) is 0 Å². The van der Waals surface area contributed by atoms with Gasteiger partial charge in [0.05, 0.1) is 0 Å². The van der Waals surface area contributed by atoms with Gasteiger partial charge in [-0.3, -0.25) is 9.59 Å². The number of carboxylic acids is 1. The Morgan fingerprint density at radius 3 is 2.40 bits per heavy atom. The van der Waals surface area contributed by atoms with E-state index < -0.39 is 5.97 Å². The van der Waals surface area contributed by atoms with Gasteiger partial charge in [-0.15, -0.1) is 0 Å². The van der Waals surface area contributed by atoms with Crippen molar-refractivity contribution < 1.29 is 14.7 Å². The molecular formula is C15H30N2O3. The van der Waals surface area contributed by atoms with Crippen LogP contribution in [0.25, 0.3) is 0 Å². The highest BCUT2D eigenvalue weighted by Gasteiger charge is 2.11. The number of amides is 1. The molecule has 1 fully saturated rings. The Morgan fingerprint density at radius 2 is 1.95 bits per heavy atom. The molecule has 0 aromatic carbocycles. The van der Waals surface area contributed by atoms with E-state index in [0.29, 0.717) is 13.0 Å². The summed E-state index contributed by atoms with van der Waals surface area (Å²) < 4.78 is 0. The number of rotatable bonds is 8. The van der Waals surface area contributed by atoms with Gasteiger partial charge in [0.2, 0.25) is 6.41 Å². The Morgan fingerprint density at radius 1 is 1.30 bits per heavy atom. The first-order chi connectivity index (χ1) is 9.63. The van der Waals surface area contributed by atoms with Gasteiger partial charge in [0.15, 0.2) is 0 Å². The first kappa shape index (κ1) is 18.9. The molecule has 1 aliphatic rings. The first-order valence-electron chi connectivity index (χ1n) is 7.75. The van der Waals surface area contributed by atoms with Crippen molar-refractivity contribution in [3.05, 3.63) is 0 Å². The molecule has 0 aliphatic carbocycles. The molecule has 1 heterocycles. The number of hydrogen-bond acceptors (Lipinski definition) is 3. The van der Waals surface area contributed by atoms with Crippen LogP contribution in [0, 0.1) is 5.92 Å². The lowest BCUT2D eigenvalue weighted by atomic mass is 9.93. The second-order valence-corrected chi connectivity index (χ2v) is 5.31. The van der Waals surface area contributed by atoms with Gasteiger partial charge in [-0.05, 0) is 38.3 Å². The summed E-state index contributed by atoms with van der Waals surface area (Å²) in [4.78, 5) is 21.4. The minimum atomic E-state index is -0.972. The van der Waals surface area contributed by atoms with Crippen LogP contribution in [0.5, 0.6) is 0 Å². The molecule has 0 spiro atoms. The standard InChI is InChI=1S/C9H19N.C6H11NO3/c1-2-3-4-9-5-7-10-8-6-9;1-2-3-7(5-8)4-6(9)10/h9-10H,2-8H2,1H3;5H,2-4H2,1H3,(H,9,10). The number of nitrogens with zero attached hydrogens (tertiary/aromatic N) is 1. The maximum absolute atomic E-state index is 10.1. The summed E-state index contributed by atoms with van der Waals surface area (Å²) in [6.45, 7) is 7.00. The predicted octanol–water partition coefficient (Wildman–Crippen LogP) is 2.12. The maximum atomic E-state index is 10.1. The molecule has 5 heteroatoms. The fraction of sp³-hybridized carbons (Fsp3) is 0.867. The Bertz CT molecular complexity index is 254. The molecule has 2 N–H and O–H groups in total. The van der Waals surface area contributed by atoms with Gasteiger partial charge in [0.1, 0.15) is 6.54 Å². The van der Waals surface area contributed by atoms with Crippen molar-refractivity contribution in [1.29, 1.82) is 0 Å². The van der Waals surface area contributed by atoms with E-state index in [9.17, 15) is 9.59 Å². The lowest BCUT2D eigenvalue weighted by Crippen LogP contribution is -2.28. The summed E-state index contributed by atoms with van der Waals surface area (Å²) in [5, 5.41) is 11.6. The molecule has 20 heavy (non-hydrogen) atoms. The summed E-state index contributed by atoms with van der Waals surface area (Å²) in [7, 11) is 0. The monoisotopic (exact) mass is 286 g/mol. The zero-order valence-electron chi connectivity index (χ0n) is 12.9. The van der Waals surface area contributed by atoms with Gasteiger partial charge < -0.3 is 15.3 Å². The average Bonchev–Trinajstić information content (AvgIpc) is 2.46. The summed E-state index contributed by atoms with van der Waals surface area (Å²) in [6, 6.07) is 0. The van der Waals surface area contributed by atoms with E-state index >= 15 is 0 Å². The molecule has 0 unspecified atom stereocenters. The fourth-order valence-corrected chi connectivity index (χ4v) is 2.29. The number of carbonyl (C=O) groups is 2. The summed E-state index contributed by atoms with van der Waals surface area (Å²) in [6.07, 6.45) is 8.44. The van der Waals surface area contributed by atoms with E-state index in [2.05, 4.69) is 12.2 Å². The van der Waals surface area contributed by atoms with Crippen LogP contribution in [-0.4, -0.2) is 48.6 Å². The zero-order valence-corrected chi connectivity index (χ0v) is 12.9. The number of aliphatic carboxylic acids is 1. The second kappa shape index (κ2) is 12.9. The van der Waals surface area contributed by atoms with Crippen molar-refractivity contribution in [2.24, 2.45) is 5.92 Å². The highest BCUT2D eigenvalue weighted by atomic mass is 16.4. The molecule has 1 rings (SSSR count). The van der Waals surface area contributed by atoms with Crippen LogP contribution < -0.4 is 5.32 Å². The quantitative estimate of drug-likeness (QED) is 0.671. The SMILES string of the molecule is CCCCC1CCNCC1.CCCN(C=O)CC(=O)O. The highest BCUT2D eigenvalue weighted by Crippen LogP contribution is 2.18. The molecule has 0 saturated carbocycles. The van der Waals surface area contributed by atoms with Gasteiger partial charge in [-0.1, -0.05) is 33.1 Å². The van der Waals surface area contributed by atoms with Crippen molar-refractivity contribution in [1.82, 2.24) is 10.2 Å². The second-order valence-electron chi connectivity index (χ2n) is 5.31. The summed E-state index contributed by atoms with van der Waals surface area (Å²) in [5.74, 6) is 0.0711. The number of carboxylic acid groups (broad SMARTS) is 1. The molecule has 1 amide bonds. The number of piperidine rings is 1. The fourth-order valence-electron chi connectivity index (χ4n) is 2.29. The number of nitrogens with one attached hydrogen (secondary N) is 1. The zero-order chi connectivity index (χ0) is 15.2. The third-order valence-electron chi connectivity index (χ3n) is 3.42. The molecule has 1 saturated heterocycles. The molecule has 0 radical (unpaired) electrons. The van der Waals surface area contributed by atoms with Gasteiger partial charge in [0, 0.05) is 6.54 Å².